The van der Waals surface area contributed by atoms with Crippen molar-refractivity contribution in [1.29, 1.82) is 0 Å². The Kier molecular flexibility index (Phi) is 4.98. The minimum Gasteiger partial charge on any atom is -0.464 e. The summed E-state index contributed by atoms with van der Waals surface area (Å²) < 4.78 is 6.88. The first kappa shape index (κ1) is 15.5. The molecule has 0 saturated carbocycles. The third kappa shape index (κ3) is 3.62. The topological polar surface area (TPSA) is 64.4 Å². The lowest BCUT2D eigenvalue weighted by molar-refractivity contribution is -0.153. The lowest BCUT2D eigenvalue weighted by Gasteiger charge is -2.23. The number of rotatable bonds is 5. The summed E-state index contributed by atoms with van der Waals surface area (Å²) in [5, 5.41) is 4.35. The summed E-state index contributed by atoms with van der Waals surface area (Å²) in [6.07, 6.45) is 1.91. The molecule has 2 heterocycles. The Balaban J connectivity index is 1.93. The first-order chi connectivity index (χ1) is 10.0. The molecule has 1 aliphatic heterocycles. The number of aromatic nitrogens is 2. The summed E-state index contributed by atoms with van der Waals surface area (Å²) in [7, 11) is 0. The van der Waals surface area contributed by atoms with Crippen molar-refractivity contribution in [3.05, 3.63) is 17.5 Å². The Bertz CT molecular complexity index is 524. The predicted octanol–water partition coefficient (Wildman–Crippen LogP) is 1.44. The average molecular weight is 293 g/mol. The third-order valence-electron chi connectivity index (χ3n) is 3.77. The molecule has 0 aliphatic carbocycles. The summed E-state index contributed by atoms with van der Waals surface area (Å²) in [5.74, 6) is -0.285. The third-order valence-corrected chi connectivity index (χ3v) is 3.77. The second-order valence-corrected chi connectivity index (χ2v) is 5.40. The van der Waals surface area contributed by atoms with E-state index in [0.717, 1.165) is 17.8 Å². The predicted molar refractivity (Wildman–Crippen MR) is 77.7 cm³/mol. The van der Waals surface area contributed by atoms with E-state index >= 15 is 0 Å². The monoisotopic (exact) mass is 293 g/mol. The first-order valence-electron chi connectivity index (χ1n) is 7.50. The number of hydrogen-bond acceptors (Lipinski definition) is 4. The van der Waals surface area contributed by atoms with Crippen LogP contribution in [0.5, 0.6) is 0 Å². The molecule has 0 aromatic carbocycles. The molecule has 0 radical (unpaired) electrons. The number of nitrogens with zero attached hydrogens (tertiary/aromatic N) is 3. The molecule has 0 N–H and O–H groups in total. The van der Waals surface area contributed by atoms with Crippen LogP contribution in [0.3, 0.4) is 0 Å². The van der Waals surface area contributed by atoms with Crippen molar-refractivity contribution in [2.24, 2.45) is 0 Å². The van der Waals surface area contributed by atoms with Gasteiger partial charge >= 0.3 is 5.97 Å². The Hall–Kier alpha value is -1.85. The van der Waals surface area contributed by atoms with Crippen molar-refractivity contribution in [3.8, 4) is 0 Å². The Morgan fingerprint density at radius 1 is 1.43 bits per heavy atom. The summed E-state index contributed by atoms with van der Waals surface area (Å²) in [6, 6.07) is 1.58. The Labute approximate surface area is 125 Å². The zero-order chi connectivity index (χ0) is 15.4. The van der Waals surface area contributed by atoms with Gasteiger partial charge in [-0.15, -0.1) is 0 Å². The number of esters is 1. The lowest BCUT2D eigenvalue weighted by Crippen LogP contribution is -2.41. The van der Waals surface area contributed by atoms with Gasteiger partial charge in [0, 0.05) is 25.2 Å². The van der Waals surface area contributed by atoms with E-state index in [2.05, 4.69) is 5.10 Å². The summed E-state index contributed by atoms with van der Waals surface area (Å²) in [6.45, 7) is 7.22. The largest absolute Gasteiger partial charge is 0.464 e. The molecule has 21 heavy (non-hydrogen) atoms. The number of hydrogen-bond donors (Lipinski definition) is 0. The molecule has 1 saturated heterocycles. The standard InChI is InChI=1S/C15H23N3O3/c1-4-21-15(20)13-6-5-8-17(13)14(19)7-9-18-12(3)10-11(2)16-18/h10,13H,4-9H2,1-3H3. The second kappa shape index (κ2) is 6.74. The minimum atomic E-state index is -0.405. The maximum atomic E-state index is 12.3. The molecular formula is C15H23N3O3. The summed E-state index contributed by atoms with van der Waals surface area (Å²) in [5.41, 5.74) is 1.99. The molecule has 0 bridgehead atoms. The van der Waals surface area contributed by atoms with Crippen LogP contribution in [0.15, 0.2) is 6.07 Å². The van der Waals surface area contributed by atoms with Crippen LogP contribution >= 0.6 is 0 Å². The molecule has 1 unspecified atom stereocenters. The van der Waals surface area contributed by atoms with Crippen molar-refractivity contribution in [3.63, 3.8) is 0 Å². The van der Waals surface area contributed by atoms with Gasteiger partial charge in [-0.05, 0) is 39.7 Å². The maximum absolute atomic E-state index is 12.3. The van der Waals surface area contributed by atoms with Crippen LogP contribution in [0, 0.1) is 13.8 Å². The highest BCUT2D eigenvalue weighted by molar-refractivity contribution is 5.85. The van der Waals surface area contributed by atoms with Crippen molar-refractivity contribution in [2.75, 3.05) is 13.2 Å². The van der Waals surface area contributed by atoms with Crippen LogP contribution < -0.4 is 0 Å². The van der Waals surface area contributed by atoms with Gasteiger partial charge in [0.1, 0.15) is 6.04 Å². The van der Waals surface area contributed by atoms with Crippen molar-refractivity contribution in [1.82, 2.24) is 14.7 Å². The number of ether oxygens (including phenoxy) is 1. The van der Waals surface area contributed by atoms with Crippen molar-refractivity contribution < 1.29 is 14.3 Å². The van der Waals surface area contributed by atoms with Gasteiger partial charge in [0.2, 0.25) is 5.91 Å². The first-order valence-corrected chi connectivity index (χ1v) is 7.50. The highest BCUT2D eigenvalue weighted by Crippen LogP contribution is 2.20. The minimum absolute atomic E-state index is 0.00175. The van der Waals surface area contributed by atoms with E-state index in [9.17, 15) is 9.59 Å². The molecular weight excluding hydrogens is 270 g/mol. The summed E-state index contributed by atoms with van der Waals surface area (Å²) in [4.78, 5) is 25.8. The van der Waals surface area contributed by atoms with Crippen molar-refractivity contribution in [2.45, 2.75) is 52.6 Å². The van der Waals surface area contributed by atoms with Gasteiger partial charge < -0.3 is 9.64 Å². The Morgan fingerprint density at radius 2 is 2.19 bits per heavy atom. The zero-order valence-corrected chi connectivity index (χ0v) is 13.0. The van der Waals surface area contributed by atoms with Gasteiger partial charge in [0.25, 0.3) is 0 Å². The Morgan fingerprint density at radius 3 is 2.81 bits per heavy atom. The SMILES string of the molecule is CCOC(=O)C1CCCN1C(=O)CCn1nc(C)cc1C. The normalized spacial score (nSPS) is 18.0. The quantitative estimate of drug-likeness (QED) is 0.771. The van der Waals surface area contributed by atoms with Gasteiger partial charge in [0.05, 0.1) is 12.3 Å². The molecule has 1 amide bonds. The molecule has 116 valence electrons. The molecule has 1 aromatic heterocycles. The molecule has 1 fully saturated rings. The van der Waals surface area contributed by atoms with Gasteiger partial charge in [-0.1, -0.05) is 0 Å². The fraction of sp³-hybridized carbons (Fsp3) is 0.667. The lowest BCUT2D eigenvalue weighted by atomic mass is 10.2. The van der Waals surface area contributed by atoms with Gasteiger partial charge in [-0.2, -0.15) is 5.10 Å². The average Bonchev–Trinajstić information content (AvgIpc) is 3.03. The van der Waals surface area contributed by atoms with E-state index in [0.29, 0.717) is 32.5 Å². The fourth-order valence-electron chi connectivity index (χ4n) is 2.80. The smallest absolute Gasteiger partial charge is 0.328 e. The molecule has 0 spiro atoms. The van der Waals surface area contributed by atoms with E-state index in [1.54, 1.807) is 11.8 Å². The number of aryl methyl sites for hydroxylation is 3. The molecule has 6 heteroatoms. The van der Waals surface area contributed by atoms with E-state index in [1.807, 2.05) is 24.6 Å². The number of carbonyl (C=O) groups excluding carboxylic acids is 2. The number of carbonyl (C=O) groups is 2. The summed E-state index contributed by atoms with van der Waals surface area (Å²) >= 11 is 0. The van der Waals surface area contributed by atoms with Crippen LogP contribution in [-0.4, -0.2) is 45.8 Å². The number of amides is 1. The van der Waals surface area contributed by atoms with Crippen LogP contribution in [0.1, 0.15) is 37.6 Å². The number of likely N-dealkylation sites (tertiary alicyclic amines) is 1. The highest BCUT2D eigenvalue weighted by atomic mass is 16.5. The fourth-order valence-corrected chi connectivity index (χ4v) is 2.80. The van der Waals surface area contributed by atoms with Gasteiger partial charge in [-0.3, -0.25) is 9.48 Å². The van der Waals surface area contributed by atoms with Crippen LogP contribution in [-0.2, 0) is 20.9 Å². The molecule has 1 atom stereocenters. The molecule has 6 nitrogen and oxygen atoms in total. The van der Waals surface area contributed by atoms with Crippen LogP contribution in [0.4, 0.5) is 0 Å². The zero-order valence-electron chi connectivity index (χ0n) is 13.0. The van der Waals surface area contributed by atoms with Gasteiger partial charge in [-0.25, -0.2) is 4.79 Å². The molecule has 1 aromatic rings. The molecule has 1 aliphatic rings. The van der Waals surface area contributed by atoms with E-state index in [1.165, 1.54) is 0 Å². The maximum Gasteiger partial charge on any atom is 0.328 e. The van der Waals surface area contributed by atoms with Crippen molar-refractivity contribution >= 4 is 11.9 Å². The van der Waals surface area contributed by atoms with Crippen LogP contribution in [0.25, 0.3) is 0 Å². The van der Waals surface area contributed by atoms with Crippen LogP contribution in [0.2, 0.25) is 0 Å². The van der Waals surface area contributed by atoms with E-state index in [4.69, 9.17) is 4.74 Å². The second-order valence-electron chi connectivity index (χ2n) is 5.40. The van der Waals surface area contributed by atoms with E-state index < -0.39 is 6.04 Å². The van der Waals surface area contributed by atoms with E-state index in [-0.39, 0.29) is 11.9 Å². The van der Waals surface area contributed by atoms with Gasteiger partial charge in [0.15, 0.2) is 0 Å². The highest BCUT2D eigenvalue weighted by Gasteiger charge is 2.34. The molecule has 2 rings (SSSR count).